The molecule has 0 N–H and O–H groups in total. The van der Waals surface area contributed by atoms with Crippen LogP contribution < -0.4 is 0 Å². The number of aromatic nitrogens is 4. The molecule has 0 radical (unpaired) electrons. The molecule has 0 aliphatic rings. The summed E-state index contributed by atoms with van der Waals surface area (Å²) in [5.41, 5.74) is 0. The largest absolute Gasteiger partial charge is 0.214 e. The van der Waals surface area contributed by atoms with E-state index in [9.17, 15) is 0 Å². The Morgan fingerprint density at radius 2 is 2.20 bits per heavy atom. The zero-order chi connectivity index (χ0) is 10.8. The third-order valence-corrected chi connectivity index (χ3v) is 3.10. The first-order chi connectivity index (χ1) is 7.15. The van der Waals surface area contributed by atoms with E-state index >= 15 is 0 Å². The van der Waals surface area contributed by atoms with Gasteiger partial charge in [0.1, 0.15) is 0 Å². The van der Waals surface area contributed by atoms with E-state index in [2.05, 4.69) is 41.4 Å². The normalized spacial score (nSPS) is 11.2. The molecule has 2 heterocycles. The minimum Gasteiger partial charge on any atom is -0.167 e. The number of thiophene rings is 1. The van der Waals surface area contributed by atoms with Crippen LogP contribution >= 0.6 is 11.3 Å². The summed E-state index contributed by atoms with van der Waals surface area (Å²) in [6, 6.07) is 4.22. The summed E-state index contributed by atoms with van der Waals surface area (Å²) < 4.78 is 0. The molecule has 5 heteroatoms. The maximum absolute atomic E-state index is 4.18. The summed E-state index contributed by atoms with van der Waals surface area (Å²) in [4.78, 5) is 3.96. The van der Waals surface area contributed by atoms with Crippen LogP contribution in [0.15, 0.2) is 12.1 Å². The van der Waals surface area contributed by atoms with Gasteiger partial charge < -0.3 is 0 Å². The molecule has 0 fully saturated rings. The van der Waals surface area contributed by atoms with E-state index in [1.165, 1.54) is 9.67 Å². The first-order valence-corrected chi connectivity index (χ1v) is 5.80. The summed E-state index contributed by atoms with van der Waals surface area (Å²) in [7, 11) is 1.78. The first-order valence-electron chi connectivity index (χ1n) is 4.98. The zero-order valence-corrected chi connectivity index (χ0v) is 9.95. The molecule has 2 aromatic rings. The fraction of sp³-hybridized carbons (Fsp3) is 0.500. The van der Waals surface area contributed by atoms with Crippen molar-refractivity contribution in [3.63, 3.8) is 0 Å². The van der Waals surface area contributed by atoms with Crippen LogP contribution in [0, 0.1) is 5.92 Å². The van der Waals surface area contributed by atoms with Crippen LogP contribution in [0.25, 0.3) is 10.7 Å². The molecule has 0 bridgehead atoms. The van der Waals surface area contributed by atoms with Gasteiger partial charge in [0.2, 0.25) is 5.82 Å². The molecule has 15 heavy (non-hydrogen) atoms. The predicted octanol–water partition coefficient (Wildman–Crippen LogP) is 2.14. The van der Waals surface area contributed by atoms with Gasteiger partial charge in [0.25, 0.3) is 0 Å². The third kappa shape index (κ3) is 2.41. The van der Waals surface area contributed by atoms with Gasteiger partial charge in [-0.3, -0.25) is 0 Å². The number of aryl methyl sites for hydroxylation is 1. The maximum Gasteiger partial charge on any atom is 0.214 e. The molecule has 0 spiro atoms. The fourth-order valence-corrected chi connectivity index (χ4v) is 2.54. The highest BCUT2D eigenvalue weighted by Gasteiger charge is 2.08. The molecule has 80 valence electrons. The molecule has 0 amide bonds. The van der Waals surface area contributed by atoms with Crippen LogP contribution in [-0.2, 0) is 13.5 Å². The lowest BCUT2D eigenvalue weighted by molar-refractivity contribution is 0.630. The Morgan fingerprint density at radius 3 is 2.80 bits per heavy atom. The third-order valence-electron chi connectivity index (χ3n) is 2.00. The van der Waals surface area contributed by atoms with Crippen LogP contribution in [0.2, 0.25) is 0 Å². The van der Waals surface area contributed by atoms with Crippen molar-refractivity contribution in [2.24, 2.45) is 13.0 Å². The number of tetrazole rings is 1. The van der Waals surface area contributed by atoms with Gasteiger partial charge >= 0.3 is 0 Å². The first kappa shape index (κ1) is 10.3. The number of hydrogen-bond acceptors (Lipinski definition) is 4. The summed E-state index contributed by atoms with van der Waals surface area (Å²) >= 11 is 1.75. The summed E-state index contributed by atoms with van der Waals surface area (Å²) in [5, 5.41) is 12.0. The molecule has 0 atom stereocenters. The smallest absolute Gasteiger partial charge is 0.167 e. The van der Waals surface area contributed by atoms with E-state index in [0.29, 0.717) is 5.92 Å². The molecule has 2 rings (SSSR count). The second-order valence-electron chi connectivity index (χ2n) is 3.97. The van der Waals surface area contributed by atoms with Gasteiger partial charge in [0, 0.05) is 4.88 Å². The molecule has 0 aliphatic carbocycles. The van der Waals surface area contributed by atoms with Crippen LogP contribution in [-0.4, -0.2) is 20.2 Å². The van der Waals surface area contributed by atoms with Crippen molar-refractivity contribution in [1.29, 1.82) is 0 Å². The quantitative estimate of drug-likeness (QED) is 0.799. The molecular weight excluding hydrogens is 208 g/mol. The van der Waals surface area contributed by atoms with Crippen LogP contribution in [0.3, 0.4) is 0 Å². The van der Waals surface area contributed by atoms with Crippen molar-refractivity contribution in [3.8, 4) is 10.7 Å². The molecule has 4 nitrogen and oxygen atoms in total. The Bertz CT molecular complexity index is 444. The molecule has 0 aliphatic heterocycles. The Morgan fingerprint density at radius 1 is 1.40 bits per heavy atom. The lowest BCUT2D eigenvalue weighted by Crippen LogP contribution is -1.91. The van der Waals surface area contributed by atoms with E-state index in [-0.39, 0.29) is 0 Å². The maximum atomic E-state index is 4.18. The van der Waals surface area contributed by atoms with E-state index in [4.69, 9.17) is 0 Å². The fourth-order valence-electron chi connectivity index (χ4n) is 1.39. The Labute approximate surface area is 92.9 Å². The standard InChI is InChI=1S/C10H14N4S/c1-7(2)6-8-4-5-9(15-8)10-11-13-14(3)12-10/h4-5,7H,6H2,1-3H3. The second kappa shape index (κ2) is 4.10. The summed E-state index contributed by atoms with van der Waals surface area (Å²) in [6.07, 6.45) is 1.12. The van der Waals surface area contributed by atoms with Gasteiger partial charge in [0.15, 0.2) is 0 Å². The van der Waals surface area contributed by atoms with Crippen molar-refractivity contribution in [1.82, 2.24) is 20.2 Å². The molecular formula is C10H14N4S. The minimum absolute atomic E-state index is 0.686. The minimum atomic E-state index is 0.686. The van der Waals surface area contributed by atoms with E-state index < -0.39 is 0 Å². The highest BCUT2D eigenvalue weighted by molar-refractivity contribution is 7.15. The van der Waals surface area contributed by atoms with E-state index in [1.54, 1.807) is 18.4 Å². The molecule has 2 aromatic heterocycles. The molecule has 0 saturated carbocycles. The van der Waals surface area contributed by atoms with Gasteiger partial charge in [-0.1, -0.05) is 13.8 Å². The van der Waals surface area contributed by atoms with Gasteiger partial charge in [-0.2, -0.15) is 4.80 Å². The van der Waals surface area contributed by atoms with Crippen molar-refractivity contribution in [2.45, 2.75) is 20.3 Å². The topological polar surface area (TPSA) is 43.6 Å². The van der Waals surface area contributed by atoms with Gasteiger partial charge in [-0.05, 0) is 29.7 Å². The van der Waals surface area contributed by atoms with Gasteiger partial charge in [0.05, 0.1) is 11.9 Å². The van der Waals surface area contributed by atoms with Crippen molar-refractivity contribution in [2.75, 3.05) is 0 Å². The highest BCUT2D eigenvalue weighted by atomic mass is 32.1. The van der Waals surface area contributed by atoms with E-state index in [1.807, 2.05) is 0 Å². The Kier molecular flexibility index (Phi) is 2.81. The number of nitrogens with zero attached hydrogens (tertiary/aromatic N) is 4. The summed E-state index contributed by atoms with van der Waals surface area (Å²) in [5.74, 6) is 1.41. The molecule has 0 aromatic carbocycles. The average molecular weight is 222 g/mol. The average Bonchev–Trinajstić information content (AvgIpc) is 2.72. The number of rotatable bonds is 3. The summed E-state index contributed by atoms with van der Waals surface area (Å²) in [6.45, 7) is 4.44. The van der Waals surface area contributed by atoms with Crippen molar-refractivity contribution < 1.29 is 0 Å². The van der Waals surface area contributed by atoms with E-state index in [0.717, 1.165) is 17.1 Å². The van der Waals surface area contributed by atoms with Crippen molar-refractivity contribution in [3.05, 3.63) is 17.0 Å². The van der Waals surface area contributed by atoms with Crippen molar-refractivity contribution >= 4 is 11.3 Å². The predicted molar refractivity (Wildman–Crippen MR) is 60.7 cm³/mol. The monoisotopic (exact) mass is 222 g/mol. The Hall–Kier alpha value is -1.23. The van der Waals surface area contributed by atoms with Crippen LogP contribution in [0.4, 0.5) is 0 Å². The van der Waals surface area contributed by atoms with Gasteiger partial charge in [-0.15, -0.1) is 21.5 Å². The zero-order valence-electron chi connectivity index (χ0n) is 9.14. The molecule has 0 saturated heterocycles. The second-order valence-corrected chi connectivity index (χ2v) is 5.13. The highest BCUT2D eigenvalue weighted by Crippen LogP contribution is 2.26. The Balaban J connectivity index is 2.20. The SMILES string of the molecule is CC(C)Cc1ccc(-c2nnn(C)n2)s1. The lowest BCUT2D eigenvalue weighted by Gasteiger charge is -1.99. The van der Waals surface area contributed by atoms with Crippen LogP contribution in [0.5, 0.6) is 0 Å². The molecule has 0 unspecified atom stereocenters. The lowest BCUT2D eigenvalue weighted by atomic mass is 10.1. The number of hydrogen-bond donors (Lipinski definition) is 0. The van der Waals surface area contributed by atoms with Gasteiger partial charge in [-0.25, -0.2) is 0 Å². The van der Waals surface area contributed by atoms with Crippen LogP contribution in [0.1, 0.15) is 18.7 Å².